The molecule has 0 amide bonds. The van der Waals surface area contributed by atoms with Gasteiger partial charge in [0.1, 0.15) is 18.3 Å². The van der Waals surface area contributed by atoms with Gasteiger partial charge in [-0.15, -0.1) is 0 Å². The Labute approximate surface area is 92.1 Å². The second-order valence-electron chi connectivity index (χ2n) is 4.21. The Morgan fingerprint density at radius 2 is 2.25 bits per heavy atom. The Hall–Kier alpha value is -0.950. The van der Waals surface area contributed by atoms with E-state index in [2.05, 4.69) is 0 Å². The van der Waals surface area contributed by atoms with Gasteiger partial charge >= 0.3 is 0 Å². The molecule has 0 bridgehead atoms. The number of hydrogen-bond donors (Lipinski definition) is 2. The summed E-state index contributed by atoms with van der Waals surface area (Å²) in [5, 5.41) is 19.3. The number of β-amino-alcohol motifs (C(OH)–C–C–N with tert-alkyl or cyclic N) is 1. The minimum Gasteiger partial charge on any atom is -0.384 e. The van der Waals surface area contributed by atoms with Crippen molar-refractivity contribution in [2.24, 2.45) is 0 Å². The van der Waals surface area contributed by atoms with E-state index in [0.29, 0.717) is 18.8 Å². The van der Waals surface area contributed by atoms with Crippen LogP contribution in [0.15, 0.2) is 11.8 Å². The molecule has 3 aliphatic rings. The van der Waals surface area contributed by atoms with Crippen LogP contribution in [0.4, 0.5) is 0 Å². The molecule has 6 heteroatoms. The Morgan fingerprint density at radius 1 is 1.44 bits per heavy atom. The van der Waals surface area contributed by atoms with Gasteiger partial charge in [-0.2, -0.15) is 0 Å². The summed E-state index contributed by atoms with van der Waals surface area (Å²) in [6.07, 6.45) is -1.07. The normalized spacial score (nSPS) is 42.8. The number of epoxide rings is 1. The molecule has 0 saturated carbocycles. The highest BCUT2D eigenvalue weighted by atomic mass is 16.6. The molecule has 0 spiro atoms. The molecule has 3 rings (SSSR count). The number of nitrogens with zero attached hydrogens (tertiary/aromatic N) is 1. The van der Waals surface area contributed by atoms with Crippen LogP contribution in [0.25, 0.3) is 0 Å². The zero-order chi connectivity index (χ0) is 11.3. The van der Waals surface area contributed by atoms with Crippen molar-refractivity contribution >= 4 is 5.78 Å². The number of aliphatic hydroxyl groups excluding tert-OH is 2. The van der Waals surface area contributed by atoms with Crippen molar-refractivity contribution in [1.82, 2.24) is 4.90 Å². The summed E-state index contributed by atoms with van der Waals surface area (Å²) < 4.78 is 10.1. The van der Waals surface area contributed by atoms with Crippen molar-refractivity contribution in [2.75, 3.05) is 19.7 Å². The smallest absolute Gasteiger partial charge is 0.189 e. The molecular weight excluding hydrogens is 214 g/mol. The van der Waals surface area contributed by atoms with Crippen LogP contribution in [0.2, 0.25) is 0 Å². The first-order valence-corrected chi connectivity index (χ1v) is 5.30. The summed E-state index contributed by atoms with van der Waals surface area (Å²) in [6, 6.07) is 0. The molecule has 88 valence electrons. The van der Waals surface area contributed by atoms with Gasteiger partial charge < -0.3 is 24.6 Å². The lowest BCUT2D eigenvalue weighted by Gasteiger charge is -2.35. The number of fused-ring (bicyclic) bond motifs is 1. The molecule has 2 N–H and O–H groups in total. The minimum absolute atomic E-state index is 0.105. The van der Waals surface area contributed by atoms with E-state index >= 15 is 0 Å². The predicted molar refractivity (Wildman–Crippen MR) is 51.3 cm³/mol. The Bertz CT molecular complexity index is 355. The number of ketones is 1. The van der Waals surface area contributed by atoms with E-state index in [1.807, 2.05) is 0 Å². The van der Waals surface area contributed by atoms with Gasteiger partial charge in [-0.3, -0.25) is 4.79 Å². The fraction of sp³-hybridized carbons (Fsp3) is 0.700. The summed E-state index contributed by atoms with van der Waals surface area (Å²) in [5.74, 6) is -0.105. The number of aliphatic hydroxyl groups is 2. The maximum atomic E-state index is 11.5. The summed E-state index contributed by atoms with van der Waals surface area (Å²) in [4.78, 5) is 13.3. The molecule has 16 heavy (non-hydrogen) atoms. The maximum absolute atomic E-state index is 11.5. The molecular formula is C10H13NO5. The SMILES string of the molecule is O=C1C=C(N2CCOC(O)C2)C(O)C2OC12. The van der Waals surface area contributed by atoms with Crippen molar-refractivity contribution < 1.29 is 24.5 Å². The van der Waals surface area contributed by atoms with E-state index in [1.54, 1.807) is 4.90 Å². The molecule has 4 atom stereocenters. The Balaban J connectivity index is 1.80. The van der Waals surface area contributed by atoms with E-state index < -0.39 is 24.6 Å². The highest BCUT2D eigenvalue weighted by Crippen LogP contribution is 2.35. The molecule has 0 aromatic carbocycles. The van der Waals surface area contributed by atoms with Crippen LogP contribution < -0.4 is 0 Å². The first kappa shape index (κ1) is 10.2. The lowest BCUT2D eigenvalue weighted by atomic mass is 9.99. The summed E-state index contributed by atoms with van der Waals surface area (Å²) in [6.45, 7) is 1.21. The van der Waals surface area contributed by atoms with Gasteiger partial charge in [0.15, 0.2) is 12.1 Å². The van der Waals surface area contributed by atoms with Gasteiger partial charge in [0, 0.05) is 18.3 Å². The molecule has 2 fully saturated rings. The van der Waals surface area contributed by atoms with Crippen molar-refractivity contribution in [3.63, 3.8) is 0 Å². The third-order valence-electron chi connectivity index (χ3n) is 3.12. The van der Waals surface area contributed by atoms with Crippen LogP contribution in [0.5, 0.6) is 0 Å². The molecule has 4 unspecified atom stereocenters. The number of carbonyl (C=O) groups is 1. The zero-order valence-electron chi connectivity index (χ0n) is 8.57. The van der Waals surface area contributed by atoms with E-state index in [-0.39, 0.29) is 12.3 Å². The highest BCUT2D eigenvalue weighted by Gasteiger charge is 2.54. The van der Waals surface area contributed by atoms with Crippen molar-refractivity contribution in [3.05, 3.63) is 11.8 Å². The summed E-state index contributed by atoms with van der Waals surface area (Å²) in [5.41, 5.74) is 0.533. The van der Waals surface area contributed by atoms with E-state index in [4.69, 9.17) is 9.47 Å². The molecule has 0 aromatic rings. The van der Waals surface area contributed by atoms with Crippen molar-refractivity contribution in [2.45, 2.75) is 24.6 Å². The monoisotopic (exact) mass is 227 g/mol. The average Bonchev–Trinajstić information content (AvgIpc) is 3.04. The Morgan fingerprint density at radius 3 is 3.00 bits per heavy atom. The minimum atomic E-state index is -0.866. The molecule has 6 nitrogen and oxygen atoms in total. The largest absolute Gasteiger partial charge is 0.384 e. The van der Waals surface area contributed by atoms with E-state index in [1.165, 1.54) is 6.08 Å². The lowest BCUT2D eigenvalue weighted by Crippen LogP contribution is -2.46. The molecule has 2 heterocycles. The first-order chi connectivity index (χ1) is 7.66. The average molecular weight is 227 g/mol. The standard InChI is InChI=1S/C10H13NO5/c12-6-3-5(8(14)10-9(6)16-10)11-1-2-15-7(13)4-11/h3,7-10,13-14H,1-2,4H2. The predicted octanol–water partition coefficient (Wildman–Crippen LogP) is -1.77. The number of morpholine rings is 1. The van der Waals surface area contributed by atoms with E-state index in [9.17, 15) is 15.0 Å². The maximum Gasteiger partial charge on any atom is 0.189 e. The first-order valence-electron chi connectivity index (χ1n) is 5.30. The van der Waals surface area contributed by atoms with Crippen LogP contribution in [0.3, 0.4) is 0 Å². The topological polar surface area (TPSA) is 82.5 Å². The van der Waals surface area contributed by atoms with Crippen LogP contribution in [-0.2, 0) is 14.3 Å². The lowest BCUT2D eigenvalue weighted by molar-refractivity contribution is -0.142. The number of hydrogen-bond acceptors (Lipinski definition) is 6. The molecule has 1 aliphatic carbocycles. The molecule has 2 aliphatic heterocycles. The second-order valence-corrected chi connectivity index (χ2v) is 4.21. The van der Waals surface area contributed by atoms with Gasteiger partial charge in [0.2, 0.25) is 0 Å². The van der Waals surface area contributed by atoms with Crippen LogP contribution >= 0.6 is 0 Å². The van der Waals surface area contributed by atoms with Gasteiger partial charge in [-0.25, -0.2) is 0 Å². The zero-order valence-corrected chi connectivity index (χ0v) is 8.57. The fourth-order valence-corrected chi connectivity index (χ4v) is 2.22. The Kier molecular flexibility index (Phi) is 2.25. The summed E-state index contributed by atoms with van der Waals surface area (Å²) >= 11 is 0. The van der Waals surface area contributed by atoms with Gasteiger partial charge in [-0.1, -0.05) is 0 Å². The van der Waals surface area contributed by atoms with Gasteiger partial charge in [0.05, 0.1) is 13.2 Å². The van der Waals surface area contributed by atoms with Gasteiger partial charge in [-0.05, 0) is 0 Å². The van der Waals surface area contributed by atoms with Crippen molar-refractivity contribution in [1.29, 1.82) is 0 Å². The van der Waals surface area contributed by atoms with Crippen molar-refractivity contribution in [3.8, 4) is 0 Å². The highest BCUT2D eigenvalue weighted by molar-refractivity contribution is 5.98. The second kappa shape index (κ2) is 3.53. The number of carbonyl (C=O) groups excluding carboxylic acids is 1. The third-order valence-corrected chi connectivity index (χ3v) is 3.12. The number of rotatable bonds is 1. The third kappa shape index (κ3) is 1.54. The molecule has 0 aromatic heterocycles. The molecule has 2 saturated heterocycles. The van der Waals surface area contributed by atoms with Crippen LogP contribution in [0.1, 0.15) is 0 Å². The van der Waals surface area contributed by atoms with Gasteiger partial charge in [0.25, 0.3) is 0 Å². The fourth-order valence-electron chi connectivity index (χ4n) is 2.22. The van der Waals surface area contributed by atoms with Crippen LogP contribution in [-0.4, -0.2) is 65.2 Å². The quantitative estimate of drug-likeness (QED) is 0.516. The molecule has 0 radical (unpaired) electrons. The van der Waals surface area contributed by atoms with Crippen LogP contribution in [0, 0.1) is 0 Å². The van der Waals surface area contributed by atoms with E-state index in [0.717, 1.165) is 0 Å². The summed E-state index contributed by atoms with van der Waals surface area (Å²) in [7, 11) is 0. The number of ether oxygens (including phenoxy) is 2.